The Hall–Kier alpha value is -3.35. The van der Waals surface area contributed by atoms with Gasteiger partial charge in [-0.05, 0) is 43.3 Å². The second-order valence-corrected chi connectivity index (χ2v) is 5.22. The highest BCUT2D eigenvalue weighted by Crippen LogP contribution is 2.16. The summed E-state index contributed by atoms with van der Waals surface area (Å²) in [5.74, 6) is 0.409. The van der Waals surface area contributed by atoms with Crippen molar-refractivity contribution in [3.8, 4) is 11.5 Å². The van der Waals surface area contributed by atoms with Crippen molar-refractivity contribution in [3.63, 3.8) is 0 Å². The van der Waals surface area contributed by atoms with Crippen LogP contribution in [0.3, 0.4) is 0 Å². The number of carbonyl (C=O) groups excluding carboxylic acids is 2. The van der Waals surface area contributed by atoms with Crippen LogP contribution < -0.4 is 20.2 Å². The summed E-state index contributed by atoms with van der Waals surface area (Å²) in [5.41, 5.74) is 3.64. The van der Waals surface area contributed by atoms with Crippen LogP contribution in [0.4, 0.5) is 5.69 Å². The number of hydrazone groups is 1. The number of ether oxygens (including phenoxy) is 2. The Bertz CT molecular complexity index is 773. The van der Waals surface area contributed by atoms with Crippen LogP contribution in [0.5, 0.6) is 11.5 Å². The van der Waals surface area contributed by atoms with Crippen molar-refractivity contribution in [2.45, 2.75) is 13.3 Å². The third-order valence-electron chi connectivity index (χ3n) is 3.31. The highest BCUT2D eigenvalue weighted by molar-refractivity contribution is 6.03. The van der Waals surface area contributed by atoms with Gasteiger partial charge in [-0.2, -0.15) is 5.10 Å². The Morgan fingerprint density at radius 3 is 2.50 bits per heavy atom. The molecular formula is C19H21N3O4. The Morgan fingerprint density at radius 2 is 1.81 bits per heavy atom. The summed E-state index contributed by atoms with van der Waals surface area (Å²) in [4.78, 5) is 23.7. The molecule has 0 aliphatic heterocycles. The summed E-state index contributed by atoms with van der Waals surface area (Å²) >= 11 is 0. The number of benzene rings is 2. The van der Waals surface area contributed by atoms with Gasteiger partial charge in [0, 0.05) is 11.3 Å². The van der Waals surface area contributed by atoms with Gasteiger partial charge >= 0.3 is 0 Å². The number of rotatable bonds is 8. The maximum atomic E-state index is 11.9. The first-order chi connectivity index (χ1) is 12.6. The molecule has 2 aromatic carbocycles. The highest BCUT2D eigenvalue weighted by atomic mass is 16.5. The number of hydrogen-bond donors (Lipinski definition) is 2. The van der Waals surface area contributed by atoms with E-state index in [0.717, 1.165) is 5.56 Å². The summed E-state index contributed by atoms with van der Waals surface area (Å²) in [6, 6.07) is 14.1. The van der Waals surface area contributed by atoms with Gasteiger partial charge < -0.3 is 14.8 Å². The van der Waals surface area contributed by atoms with Crippen molar-refractivity contribution in [1.29, 1.82) is 0 Å². The SMILES string of the molecule is CCOc1ccccc1C=NNC(=O)CC(=O)Nc1ccc(OC)cc1. The molecule has 0 aromatic heterocycles. The van der Waals surface area contributed by atoms with E-state index in [9.17, 15) is 9.59 Å². The summed E-state index contributed by atoms with van der Waals surface area (Å²) in [6.45, 7) is 2.42. The number of nitrogens with one attached hydrogen (secondary N) is 2. The monoisotopic (exact) mass is 355 g/mol. The van der Waals surface area contributed by atoms with E-state index in [1.54, 1.807) is 31.4 Å². The predicted octanol–water partition coefficient (Wildman–Crippen LogP) is 2.57. The predicted molar refractivity (Wildman–Crippen MR) is 99.6 cm³/mol. The molecule has 0 atom stereocenters. The lowest BCUT2D eigenvalue weighted by molar-refractivity contribution is -0.126. The van der Waals surface area contributed by atoms with E-state index in [0.29, 0.717) is 23.8 Å². The zero-order valence-electron chi connectivity index (χ0n) is 14.7. The number of anilines is 1. The van der Waals surface area contributed by atoms with Crippen molar-refractivity contribution < 1.29 is 19.1 Å². The minimum Gasteiger partial charge on any atom is -0.497 e. The normalized spacial score (nSPS) is 10.4. The fraction of sp³-hybridized carbons (Fsp3) is 0.211. The molecule has 0 heterocycles. The second-order valence-electron chi connectivity index (χ2n) is 5.22. The van der Waals surface area contributed by atoms with Gasteiger partial charge in [0.15, 0.2) is 0 Å². The van der Waals surface area contributed by atoms with Crippen LogP contribution in [0, 0.1) is 0 Å². The molecule has 0 saturated carbocycles. The minimum absolute atomic E-state index is 0.337. The van der Waals surface area contributed by atoms with Crippen LogP contribution >= 0.6 is 0 Å². The molecule has 0 bridgehead atoms. The van der Waals surface area contributed by atoms with Gasteiger partial charge in [-0.15, -0.1) is 0 Å². The number of methoxy groups -OCH3 is 1. The molecule has 7 heteroatoms. The number of hydrogen-bond acceptors (Lipinski definition) is 5. The van der Waals surface area contributed by atoms with Crippen LogP contribution in [0.1, 0.15) is 18.9 Å². The van der Waals surface area contributed by atoms with Gasteiger partial charge in [-0.3, -0.25) is 9.59 Å². The van der Waals surface area contributed by atoms with Crippen LogP contribution in [0.25, 0.3) is 0 Å². The third kappa shape index (κ3) is 5.94. The maximum Gasteiger partial charge on any atom is 0.249 e. The van der Waals surface area contributed by atoms with E-state index in [1.807, 2.05) is 31.2 Å². The van der Waals surface area contributed by atoms with Crippen molar-refractivity contribution in [2.75, 3.05) is 19.0 Å². The molecule has 0 aliphatic rings. The number of para-hydroxylation sites is 1. The van der Waals surface area contributed by atoms with Crippen molar-refractivity contribution in [2.24, 2.45) is 5.10 Å². The molecule has 2 amide bonds. The van der Waals surface area contributed by atoms with Gasteiger partial charge in [-0.1, -0.05) is 12.1 Å². The lowest BCUT2D eigenvalue weighted by Gasteiger charge is -2.06. The summed E-state index contributed by atoms with van der Waals surface area (Å²) < 4.78 is 10.5. The maximum absolute atomic E-state index is 11.9. The van der Waals surface area contributed by atoms with E-state index in [4.69, 9.17) is 9.47 Å². The van der Waals surface area contributed by atoms with Crippen LogP contribution in [-0.4, -0.2) is 31.7 Å². The second kappa shape index (κ2) is 9.83. The van der Waals surface area contributed by atoms with Crippen molar-refractivity contribution in [3.05, 3.63) is 54.1 Å². The smallest absolute Gasteiger partial charge is 0.249 e. The van der Waals surface area contributed by atoms with Gasteiger partial charge in [0.2, 0.25) is 11.8 Å². The highest BCUT2D eigenvalue weighted by Gasteiger charge is 2.09. The van der Waals surface area contributed by atoms with Crippen molar-refractivity contribution in [1.82, 2.24) is 5.43 Å². The van der Waals surface area contributed by atoms with E-state index in [-0.39, 0.29) is 6.42 Å². The van der Waals surface area contributed by atoms with Gasteiger partial charge in [0.05, 0.1) is 19.9 Å². The fourth-order valence-corrected chi connectivity index (χ4v) is 2.11. The third-order valence-corrected chi connectivity index (χ3v) is 3.31. The van der Waals surface area contributed by atoms with E-state index >= 15 is 0 Å². The van der Waals surface area contributed by atoms with Gasteiger partial charge in [0.1, 0.15) is 17.9 Å². The minimum atomic E-state index is -0.513. The zero-order valence-corrected chi connectivity index (χ0v) is 14.7. The molecule has 0 aliphatic carbocycles. The molecule has 0 unspecified atom stereocenters. The molecule has 136 valence electrons. The number of nitrogens with zero attached hydrogens (tertiary/aromatic N) is 1. The first-order valence-corrected chi connectivity index (χ1v) is 8.10. The molecule has 2 N–H and O–H groups in total. The molecule has 0 saturated heterocycles. The quantitative estimate of drug-likeness (QED) is 0.433. The molecule has 7 nitrogen and oxygen atoms in total. The van der Waals surface area contributed by atoms with Crippen molar-refractivity contribution >= 4 is 23.7 Å². The molecule has 0 fully saturated rings. The van der Waals surface area contributed by atoms with Crippen LogP contribution in [0.2, 0.25) is 0 Å². The van der Waals surface area contributed by atoms with Gasteiger partial charge in [0.25, 0.3) is 0 Å². The number of carbonyl (C=O) groups is 2. The topological polar surface area (TPSA) is 89.0 Å². The summed E-state index contributed by atoms with van der Waals surface area (Å²) in [6.07, 6.45) is 1.14. The lowest BCUT2D eigenvalue weighted by atomic mass is 10.2. The molecule has 26 heavy (non-hydrogen) atoms. The summed E-state index contributed by atoms with van der Waals surface area (Å²) in [5, 5.41) is 6.50. The molecule has 2 rings (SSSR count). The van der Waals surface area contributed by atoms with Crippen LogP contribution in [0.15, 0.2) is 53.6 Å². The van der Waals surface area contributed by atoms with E-state index in [1.165, 1.54) is 6.21 Å². The molecule has 0 radical (unpaired) electrons. The lowest BCUT2D eigenvalue weighted by Crippen LogP contribution is -2.24. The fourth-order valence-electron chi connectivity index (χ4n) is 2.11. The first kappa shape index (κ1) is 19.0. The largest absolute Gasteiger partial charge is 0.497 e. The number of amides is 2. The Kier molecular flexibility index (Phi) is 7.17. The Morgan fingerprint density at radius 1 is 1.08 bits per heavy atom. The zero-order chi connectivity index (χ0) is 18.8. The Labute approximate surface area is 152 Å². The molecule has 2 aromatic rings. The van der Waals surface area contributed by atoms with Crippen LogP contribution in [-0.2, 0) is 9.59 Å². The van der Waals surface area contributed by atoms with Gasteiger partial charge in [-0.25, -0.2) is 5.43 Å². The first-order valence-electron chi connectivity index (χ1n) is 8.10. The Balaban J connectivity index is 1.83. The van der Waals surface area contributed by atoms with E-state index < -0.39 is 11.8 Å². The molecule has 0 spiro atoms. The van der Waals surface area contributed by atoms with E-state index in [2.05, 4.69) is 15.8 Å². The average molecular weight is 355 g/mol. The average Bonchev–Trinajstić information content (AvgIpc) is 2.64. The molecular weight excluding hydrogens is 334 g/mol. The summed E-state index contributed by atoms with van der Waals surface area (Å²) in [7, 11) is 1.56. The standard InChI is InChI=1S/C19H21N3O4/c1-3-26-17-7-5-4-6-14(17)13-20-22-19(24)12-18(23)21-15-8-10-16(25-2)11-9-15/h4-11,13H,3,12H2,1-2H3,(H,21,23)(H,22,24).